The zero-order valence-corrected chi connectivity index (χ0v) is 17.5. The molecule has 0 radical (unpaired) electrons. The smallest absolute Gasteiger partial charge is 0.251 e. The maximum Gasteiger partial charge on any atom is 0.251 e. The third kappa shape index (κ3) is 5.40. The molecular weight excluding hydrogens is 398 g/mol. The van der Waals surface area contributed by atoms with Gasteiger partial charge in [0.1, 0.15) is 11.6 Å². The molecule has 5 nitrogen and oxygen atoms in total. The van der Waals surface area contributed by atoms with Crippen molar-refractivity contribution in [2.75, 3.05) is 26.2 Å². The molecule has 0 aromatic heterocycles. The van der Waals surface area contributed by atoms with Crippen LogP contribution >= 0.6 is 0 Å². The largest absolute Gasteiger partial charge is 0.356 e. The van der Waals surface area contributed by atoms with Crippen LogP contribution in [0.15, 0.2) is 53.5 Å². The minimum absolute atomic E-state index is 0.0336. The lowest BCUT2D eigenvalue weighted by atomic mass is 9.72. The summed E-state index contributed by atoms with van der Waals surface area (Å²) in [6, 6.07) is 15.1. The fourth-order valence-electron chi connectivity index (χ4n) is 3.98. The number of amides is 1. The number of hydrogen-bond acceptors (Lipinski definition) is 2. The highest BCUT2D eigenvalue weighted by molar-refractivity contribution is 5.94. The molecule has 3 rings (SSSR count). The van der Waals surface area contributed by atoms with Crippen LogP contribution in [0.3, 0.4) is 0 Å². The highest BCUT2D eigenvalue weighted by atomic mass is 19.1. The van der Waals surface area contributed by atoms with E-state index in [1.807, 2.05) is 37.3 Å². The summed E-state index contributed by atoms with van der Waals surface area (Å²) in [6.07, 6.45) is 6.87. The fraction of sp³-hybridized carbons (Fsp3) is 0.333. The molecule has 31 heavy (non-hydrogen) atoms. The van der Waals surface area contributed by atoms with Gasteiger partial charge in [-0.05, 0) is 37.5 Å². The first-order valence-electron chi connectivity index (χ1n) is 10.3. The molecule has 7 heteroatoms. The van der Waals surface area contributed by atoms with Crippen molar-refractivity contribution in [2.45, 2.75) is 25.2 Å². The average molecular weight is 424 g/mol. The number of carbonyl (C=O) groups is 1. The van der Waals surface area contributed by atoms with Gasteiger partial charge < -0.3 is 15.5 Å². The first kappa shape index (κ1) is 22.3. The second kappa shape index (κ2) is 10.1. The van der Waals surface area contributed by atoms with E-state index in [0.717, 1.165) is 36.6 Å². The summed E-state index contributed by atoms with van der Waals surface area (Å²) in [7, 11) is 0. The monoisotopic (exact) mass is 424 g/mol. The van der Waals surface area contributed by atoms with Gasteiger partial charge in [0.2, 0.25) is 5.96 Å². The number of aliphatic imine (C=N–C) groups is 1. The number of carbonyl (C=O) groups excluding carboxylic acids is 1. The van der Waals surface area contributed by atoms with Crippen molar-refractivity contribution in [3.8, 4) is 12.5 Å². The number of halogens is 2. The molecule has 162 valence electrons. The molecule has 1 fully saturated rings. The van der Waals surface area contributed by atoms with Crippen LogP contribution in [0.4, 0.5) is 8.78 Å². The first-order chi connectivity index (χ1) is 15.0. The summed E-state index contributed by atoms with van der Waals surface area (Å²) < 4.78 is 27.0. The van der Waals surface area contributed by atoms with Crippen molar-refractivity contribution in [3.63, 3.8) is 0 Å². The van der Waals surface area contributed by atoms with E-state index in [-0.39, 0.29) is 11.0 Å². The molecule has 0 atom stereocenters. The molecule has 2 aromatic carbocycles. The maximum absolute atomic E-state index is 13.5. The minimum Gasteiger partial charge on any atom is -0.356 e. The Balaban J connectivity index is 1.78. The molecule has 0 spiro atoms. The normalized spacial score (nSPS) is 15.8. The van der Waals surface area contributed by atoms with E-state index in [1.165, 1.54) is 0 Å². The van der Waals surface area contributed by atoms with Gasteiger partial charge in [0.25, 0.3) is 5.91 Å². The summed E-state index contributed by atoms with van der Waals surface area (Å²) in [5.41, 5.74) is 0.764. The molecule has 0 bridgehead atoms. The Kier molecular flexibility index (Phi) is 7.24. The molecule has 0 unspecified atom stereocenters. The Morgan fingerprint density at radius 3 is 2.35 bits per heavy atom. The van der Waals surface area contributed by atoms with Gasteiger partial charge in [-0.15, -0.1) is 0 Å². The van der Waals surface area contributed by atoms with Crippen molar-refractivity contribution in [2.24, 2.45) is 4.99 Å². The van der Waals surface area contributed by atoms with Gasteiger partial charge in [0.15, 0.2) is 0 Å². The van der Waals surface area contributed by atoms with E-state index >= 15 is 0 Å². The quantitative estimate of drug-likeness (QED) is 0.440. The van der Waals surface area contributed by atoms with Crippen LogP contribution < -0.4 is 10.6 Å². The van der Waals surface area contributed by atoms with Gasteiger partial charge in [-0.1, -0.05) is 36.8 Å². The van der Waals surface area contributed by atoms with Gasteiger partial charge in [0.05, 0.1) is 0 Å². The Labute approximate surface area is 181 Å². The zero-order valence-electron chi connectivity index (χ0n) is 17.5. The summed E-state index contributed by atoms with van der Waals surface area (Å²) >= 11 is 0. The highest BCUT2D eigenvalue weighted by Gasteiger charge is 2.37. The fourth-order valence-corrected chi connectivity index (χ4v) is 3.98. The van der Waals surface area contributed by atoms with E-state index in [4.69, 9.17) is 6.42 Å². The first-order valence-corrected chi connectivity index (χ1v) is 10.3. The molecule has 1 saturated heterocycles. The summed E-state index contributed by atoms with van der Waals surface area (Å²) in [5, 5.41) is 6.08. The van der Waals surface area contributed by atoms with Gasteiger partial charge in [-0.2, -0.15) is 4.99 Å². The van der Waals surface area contributed by atoms with Gasteiger partial charge in [0, 0.05) is 49.3 Å². The van der Waals surface area contributed by atoms with Gasteiger partial charge >= 0.3 is 0 Å². The van der Waals surface area contributed by atoms with Crippen molar-refractivity contribution in [1.29, 1.82) is 0 Å². The van der Waals surface area contributed by atoms with Crippen LogP contribution in [-0.2, 0) is 5.41 Å². The lowest BCUT2D eigenvalue weighted by Gasteiger charge is -2.43. The van der Waals surface area contributed by atoms with E-state index in [9.17, 15) is 13.6 Å². The third-order valence-electron chi connectivity index (χ3n) is 5.62. The zero-order chi connectivity index (χ0) is 22.3. The Morgan fingerprint density at radius 2 is 1.77 bits per heavy atom. The number of piperidine rings is 1. The lowest BCUT2D eigenvalue weighted by molar-refractivity contribution is 0.0931. The van der Waals surface area contributed by atoms with Crippen molar-refractivity contribution < 1.29 is 13.6 Å². The molecule has 2 N–H and O–H groups in total. The molecule has 2 aromatic rings. The van der Waals surface area contributed by atoms with Crippen molar-refractivity contribution in [3.05, 3.63) is 71.3 Å². The van der Waals surface area contributed by atoms with Crippen LogP contribution in [0.5, 0.6) is 0 Å². The minimum atomic E-state index is -0.778. The van der Waals surface area contributed by atoms with Gasteiger partial charge in [-0.25, -0.2) is 8.78 Å². The molecule has 1 aliphatic rings. The number of nitrogens with zero attached hydrogens (tertiary/aromatic N) is 2. The van der Waals surface area contributed by atoms with E-state index in [0.29, 0.717) is 32.1 Å². The predicted molar refractivity (Wildman–Crippen MR) is 118 cm³/mol. The number of rotatable bonds is 5. The van der Waals surface area contributed by atoms with Crippen molar-refractivity contribution >= 4 is 11.9 Å². The Morgan fingerprint density at radius 1 is 1.13 bits per heavy atom. The number of guanidine groups is 1. The van der Waals surface area contributed by atoms with Crippen LogP contribution in [0.2, 0.25) is 0 Å². The second-order valence-electron chi connectivity index (χ2n) is 7.57. The molecule has 0 saturated carbocycles. The maximum atomic E-state index is 13.5. The Bertz CT molecular complexity index is 957. The van der Waals surface area contributed by atoms with Crippen LogP contribution in [0.1, 0.15) is 35.7 Å². The Hall–Kier alpha value is -3.40. The lowest BCUT2D eigenvalue weighted by Crippen LogP contribution is -2.52. The topological polar surface area (TPSA) is 56.7 Å². The standard InChI is InChI=1S/C24H26F2N4O/c1-3-27-23(28-4-2)30-12-10-24(11-13-30,19-8-6-5-7-9-19)17-29-22(31)18-14-20(25)16-21(26)15-18/h1,5-9,14-16H,4,10-13,17H2,2H3,(H,27,28)(H,29,31). The summed E-state index contributed by atoms with van der Waals surface area (Å²) in [6.45, 7) is 4.44. The number of hydrogen-bond donors (Lipinski definition) is 2. The van der Waals surface area contributed by atoms with Crippen molar-refractivity contribution in [1.82, 2.24) is 15.5 Å². The predicted octanol–water partition coefficient (Wildman–Crippen LogP) is 3.28. The number of terminal acetylenes is 1. The molecule has 1 heterocycles. The number of benzene rings is 2. The van der Waals surface area contributed by atoms with E-state index in [1.54, 1.807) is 0 Å². The van der Waals surface area contributed by atoms with Crippen LogP contribution in [0.25, 0.3) is 0 Å². The van der Waals surface area contributed by atoms with Crippen LogP contribution in [-0.4, -0.2) is 42.9 Å². The third-order valence-corrected chi connectivity index (χ3v) is 5.62. The average Bonchev–Trinajstić information content (AvgIpc) is 2.77. The number of likely N-dealkylation sites (tertiary alicyclic amines) is 1. The summed E-state index contributed by atoms with van der Waals surface area (Å²) in [4.78, 5) is 18.8. The van der Waals surface area contributed by atoms with E-state index in [2.05, 4.69) is 26.6 Å². The molecule has 0 aliphatic carbocycles. The second-order valence-corrected chi connectivity index (χ2v) is 7.57. The van der Waals surface area contributed by atoms with Crippen LogP contribution in [0, 0.1) is 24.1 Å². The number of nitrogens with one attached hydrogen (secondary N) is 2. The summed E-state index contributed by atoms with van der Waals surface area (Å²) in [5.74, 6) is -1.38. The SMILES string of the molecule is C#CN=C(NCC)N1CCC(CNC(=O)c2cc(F)cc(F)c2)(c2ccccc2)CC1. The molecule has 1 amide bonds. The van der Waals surface area contributed by atoms with Gasteiger partial charge in [-0.3, -0.25) is 4.79 Å². The highest BCUT2D eigenvalue weighted by Crippen LogP contribution is 2.35. The van der Waals surface area contributed by atoms with E-state index < -0.39 is 17.5 Å². The molecule has 1 aliphatic heterocycles. The molecular formula is C24H26F2N4O.